The van der Waals surface area contributed by atoms with Crippen molar-refractivity contribution in [3.63, 3.8) is 0 Å². The standard InChI is InChI=1S/C25H41N7O/c1-6-14-31(22-12-8-10-19-11-9-13-27-23(19)22)16-21-24(25(26)33)32(17-28-21)18-30(5)15-20(7-2)29(3)4/h9,11,13,17,20,22H,6-8,10,12,14-16,18H2,1-5H3,(H2,26,33)/t20?,22-/m0/s1. The van der Waals surface area contributed by atoms with E-state index < -0.39 is 5.91 Å². The van der Waals surface area contributed by atoms with Crippen LogP contribution >= 0.6 is 0 Å². The van der Waals surface area contributed by atoms with Crippen LogP contribution in [-0.2, 0) is 19.6 Å². The molecule has 0 saturated carbocycles. The van der Waals surface area contributed by atoms with Crippen molar-refractivity contribution in [2.45, 2.75) is 71.2 Å². The number of carbonyl (C=O) groups is 1. The lowest BCUT2D eigenvalue weighted by Crippen LogP contribution is -2.39. The molecule has 0 saturated heterocycles. The molecule has 1 amide bonds. The van der Waals surface area contributed by atoms with E-state index in [2.05, 4.69) is 60.7 Å². The van der Waals surface area contributed by atoms with Crippen LogP contribution < -0.4 is 5.73 Å². The van der Waals surface area contributed by atoms with Gasteiger partial charge in [0.15, 0.2) is 0 Å². The molecule has 2 aromatic rings. The van der Waals surface area contributed by atoms with E-state index in [0.717, 1.165) is 50.9 Å². The second kappa shape index (κ2) is 11.7. The zero-order chi connectivity index (χ0) is 24.0. The minimum atomic E-state index is -0.422. The third-order valence-corrected chi connectivity index (χ3v) is 6.73. The van der Waals surface area contributed by atoms with E-state index in [1.807, 2.05) is 16.8 Å². The highest BCUT2D eigenvalue weighted by Crippen LogP contribution is 2.34. The average Bonchev–Trinajstić information content (AvgIpc) is 3.18. The molecule has 2 heterocycles. The molecule has 1 unspecified atom stereocenters. The van der Waals surface area contributed by atoms with Gasteiger partial charge >= 0.3 is 0 Å². The van der Waals surface area contributed by atoms with Crippen LogP contribution in [0.25, 0.3) is 0 Å². The van der Waals surface area contributed by atoms with Crippen LogP contribution in [0.5, 0.6) is 0 Å². The molecule has 1 aliphatic rings. The van der Waals surface area contributed by atoms with E-state index >= 15 is 0 Å². The molecular weight excluding hydrogens is 414 g/mol. The molecule has 0 fully saturated rings. The summed E-state index contributed by atoms with van der Waals surface area (Å²) in [4.78, 5) is 28.8. The van der Waals surface area contributed by atoms with Crippen LogP contribution in [0.4, 0.5) is 0 Å². The number of aromatic nitrogens is 3. The summed E-state index contributed by atoms with van der Waals surface area (Å²) in [5, 5.41) is 0. The third-order valence-electron chi connectivity index (χ3n) is 6.73. The van der Waals surface area contributed by atoms with Crippen molar-refractivity contribution in [3.05, 3.63) is 47.3 Å². The van der Waals surface area contributed by atoms with Crippen molar-refractivity contribution in [1.82, 2.24) is 29.2 Å². The number of primary amides is 1. The van der Waals surface area contributed by atoms with Gasteiger partial charge < -0.3 is 15.2 Å². The highest BCUT2D eigenvalue weighted by molar-refractivity contribution is 5.92. The van der Waals surface area contributed by atoms with Crippen molar-refractivity contribution in [2.24, 2.45) is 5.73 Å². The molecule has 8 nitrogen and oxygen atoms in total. The van der Waals surface area contributed by atoms with Gasteiger partial charge in [-0.05, 0) is 71.4 Å². The zero-order valence-corrected chi connectivity index (χ0v) is 21.0. The van der Waals surface area contributed by atoms with Crippen molar-refractivity contribution >= 4 is 5.91 Å². The highest BCUT2D eigenvalue weighted by atomic mass is 16.1. The summed E-state index contributed by atoms with van der Waals surface area (Å²) in [6.07, 6.45) is 9.05. The van der Waals surface area contributed by atoms with Gasteiger partial charge in [-0.25, -0.2) is 4.98 Å². The SMILES string of the molecule is CCCN(Cc1ncn(CN(C)CC(CC)N(C)C)c1C(N)=O)[C@H]1CCCc2cccnc21. The number of nitrogens with zero attached hydrogens (tertiary/aromatic N) is 6. The first-order valence-electron chi connectivity index (χ1n) is 12.2. The van der Waals surface area contributed by atoms with E-state index in [4.69, 9.17) is 10.7 Å². The molecule has 0 aliphatic heterocycles. The Morgan fingerprint density at radius 1 is 1.27 bits per heavy atom. The topological polar surface area (TPSA) is 83.5 Å². The van der Waals surface area contributed by atoms with Crippen LogP contribution in [0.15, 0.2) is 24.7 Å². The fraction of sp³-hybridized carbons (Fsp3) is 0.640. The number of hydrogen-bond donors (Lipinski definition) is 1. The van der Waals surface area contributed by atoms with E-state index in [1.165, 1.54) is 11.3 Å². The first kappa shape index (κ1) is 25.3. The van der Waals surface area contributed by atoms with Gasteiger partial charge in [-0.2, -0.15) is 0 Å². The molecular formula is C25H41N7O. The summed E-state index contributed by atoms with van der Waals surface area (Å²) in [6.45, 7) is 7.39. The van der Waals surface area contributed by atoms with E-state index in [-0.39, 0.29) is 6.04 Å². The number of imidazole rings is 1. The predicted molar refractivity (Wildman–Crippen MR) is 132 cm³/mol. The van der Waals surface area contributed by atoms with Crippen LogP contribution in [0.3, 0.4) is 0 Å². The fourth-order valence-electron chi connectivity index (χ4n) is 5.03. The van der Waals surface area contributed by atoms with Crippen LogP contribution in [0, 0.1) is 0 Å². The van der Waals surface area contributed by atoms with Gasteiger partial charge in [0.25, 0.3) is 5.91 Å². The van der Waals surface area contributed by atoms with Gasteiger partial charge in [0.05, 0.1) is 30.4 Å². The normalized spacial score (nSPS) is 17.0. The van der Waals surface area contributed by atoms with E-state index in [9.17, 15) is 4.79 Å². The molecule has 1 aliphatic carbocycles. The maximum Gasteiger partial charge on any atom is 0.267 e. The number of aryl methyl sites for hydroxylation is 1. The summed E-state index contributed by atoms with van der Waals surface area (Å²) in [6, 6.07) is 4.91. The quantitative estimate of drug-likeness (QED) is 0.530. The lowest BCUT2D eigenvalue weighted by Gasteiger charge is -2.34. The monoisotopic (exact) mass is 455 g/mol. The van der Waals surface area contributed by atoms with Crippen molar-refractivity contribution in [1.29, 1.82) is 0 Å². The van der Waals surface area contributed by atoms with Gasteiger partial charge in [-0.1, -0.05) is 19.9 Å². The number of hydrogen-bond acceptors (Lipinski definition) is 6. The number of nitrogens with two attached hydrogens (primary N) is 1. The Bertz CT molecular complexity index is 910. The molecule has 182 valence electrons. The number of carbonyl (C=O) groups excluding carboxylic acids is 1. The largest absolute Gasteiger partial charge is 0.364 e. The predicted octanol–water partition coefficient (Wildman–Crippen LogP) is 2.90. The lowest BCUT2D eigenvalue weighted by atomic mass is 9.90. The number of amides is 1. The second-order valence-corrected chi connectivity index (χ2v) is 9.51. The fourth-order valence-corrected chi connectivity index (χ4v) is 5.03. The molecule has 2 atom stereocenters. The molecule has 8 heteroatoms. The number of likely N-dealkylation sites (N-methyl/N-ethyl adjacent to an activating group) is 2. The van der Waals surface area contributed by atoms with Crippen LogP contribution in [0.2, 0.25) is 0 Å². The maximum absolute atomic E-state index is 12.5. The Labute approximate surface area is 198 Å². The minimum absolute atomic E-state index is 0.244. The Morgan fingerprint density at radius 3 is 2.73 bits per heavy atom. The zero-order valence-electron chi connectivity index (χ0n) is 21.0. The summed E-state index contributed by atoms with van der Waals surface area (Å²) >= 11 is 0. The Hall–Kier alpha value is -2.29. The number of fused-ring (bicyclic) bond motifs is 1. The Kier molecular flexibility index (Phi) is 9.00. The van der Waals surface area contributed by atoms with Gasteiger partial charge in [-0.3, -0.25) is 19.6 Å². The van der Waals surface area contributed by atoms with E-state index in [0.29, 0.717) is 24.9 Å². The first-order chi connectivity index (χ1) is 15.8. The molecule has 2 N–H and O–H groups in total. The number of pyridine rings is 1. The van der Waals surface area contributed by atoms with Gasteiger partial charge in [0, 0.05) is 25.3 Å². The van der Waals surface area contributed by atoms with Gasteiger partial charge in [0.1, 0.15) is 5.69 Å². The minimum Gasteiger partial charge on any atom is -0.364 e. The molecule has 3 rings (SSSR count). The summed E-state index contributed by atoms with van der Waals surface area (Å²) < 4.78 is 1.90. The molecule has 0 spiro atoms. The van der Waals surface area contributed by atoms with Gasteiger partial charge in [0.2, 0.25) is 0 Å². The Morgan fingerprint density at radius 2 is 2.06 bits per heavy atom. The summed E-state index contributed by atoms with van der Waals surface area (Å²) in [5.41, 5.74) is 9.64. The van der Waals surface area contributed by atoms with Crippen molar-refractivity contribution < 1.29 is 4.79 Å². The van der Waals surface area contributed by atoms with Gasteiger partial charge in [-0.15, -0.1) is 0 Å². The van der Waals surface area contributed by atoms with E-state index in [1.54, 1.807) is 6.33 Å². The van der Waals surface area contributed by atoms with Crippen LogP contribution in [0.1, 0.15) is 73.0 Å². The molecule has 2 aromatic heterocycles. The summed E-state index contributed by atoms with van der Waals surface area (Å²) in [7, 11) is 6.28. The second-order valence-electron chi connectivity index (χ2n) is 9.51. The molecule has 0 bridgehead atoms. The lowest BCUT2D eigenvalue weighted by molar-refractivity contribution is 0.0980. The molecule has 0 aromatic carbocycles. The maximum atomic E-state index is 12.5. The first-order valence-corrected chi connectivity index (χ1v) is 12.2. The summed E-state index contributed by atoms with van der Waals surface area (Å²) in [5.74, 6) is -0.422. The molecule has 33 heavy (non-hydrogen) atoms. The molecule has 0 radical (unpaired) electrons. The third kappa shape index (κ3) is 6.19. The van der Waals surface area contributed by atoms with Crippen molar-refractivity contribution in [3.8, 4) is 0 Å². The highest BCUT2D eigenvalue weighted by Gasteiger charge is 2.29. The average molecular weight is 456 g/mol. The van der Waals surface area contributed by atoms with Crippen LogP contribution in [-0.4, -0.2) is 75.4 Å². The van der Waals surface area contributed by atoms with Crippen molar-refractivity contribution in [2.75, 3.05) is 34.2 Å². The smallest absolute Gasteiger partial charge is 0.267 e. The number of rotatable bonds is 12. The Balaban J connectivity index is 1.81.